The van der Waals surface area contributed by atoms with Crippen LogP contribution in [0.25, 0.3) is 0 Å². The molecule has 0 spiro atoms. The average molecular weight is 116 g/mol. The number of hydrogen-bond acceptors (Lipinski definition) is 3. The minimum absolute atomic E-state index is 0.0278. The molecule has 1 heterocycles. The van der Waals surface area contributed by atoms with Crippen LogP contribution < -0.4 is 0 Å². The van der Waals surface area contributed by atoms with E-state index in [9.17, 15) is 0 Å². The van der Waals surface area contributed by atoms with E-state index >= 15 is 0 Å². The summed E-state index contributed by atoms with van der Waals surface area (Å²) >= 11 is 0. The van der Waals surface area contributed by atoms with Crippen LogP contribution >= 0.6 is 0 Å². The third-order valence-corrected chi connectivity index (χ3v) is 0.892. The Bertz CT molecular complexity index is 97.8. The van der Waals surface area contributed by atoms with Crippen molar-refractivity contribution < 1.29 is 14.6 Å². The summed E-state index contributed by atoms with van der Waals surface area (Å²) in [5, 5.41) is 8.46. The van der Waals surface area contributed by atoms with Gasteiger partial charge in [0.05, 0.1) is 19.5 Å². The van der Waals surface area contributed by atoms with Gasteiger partial charge in [0.1, 0.15) is 0 Å². The lowest BCUT2D eigenvalue weighted by molar-refractivity contribution is -0.0244. The molecular formula is C5H8O3. The number of hydrogen-bond donors (Lipinski definition) is 1. The Morgan fingerprint density at radius 3 is 3.00 bits per heavy atom. The van der Waals surface area contributed by atoms with Crippen molar-refractivity contribution in [2.75, 3.05) is 20.0 Å². The third-order valence-electron chi connectivity index (χ3n) is 0.892. The highest BCUT2D eigenvalue weighted by atomic mass is 16.7. The van der Waals surface area contributed by atoms with Crippen LogP contribution in [0.3, 0.4) is 0 Å². The maximum Gasteiger partial charge on any atom is 0.188 e. The van der Waals surface area contributed by atoms with Crippen molar-refractivity contribution >= 4 is 0 Å². The second-order valence-electron chi connectivity index (χ2n) is 1.57. The minimum Gasteiger partial charge on any atom is -0.475 e. The van der Waals surface area contributed by atoms with Crippen molar-refractivity contribution in [1.82, 2.24) is 0 Å². The first-order chi connectivity index (χ1) is 3.93. The number of aliphatic hydroxyl groups is 1. The first kappa shape index (κ1) is 5.59. The van der Waals surface area contributed by atoms with Crippen LogP contribution in [0.15, 0.2) is 11.8 Å². The molecule has 1 rings (SSSR count). The summed E-state index contributed by atoms with van der Waals surface area (Å²) in [4.78, 5) is 0. The predicted octanol–water partition coefficient (Wildman–Crippen LogP) is -0.133. The molecule has 0 atom stereocenters. The molecule has 3 heteroatoms. The van der Waals surface area contributed by atoms with Crippen LogP contribution in [0.2, 0.25) is 0 Å². The molecular weight excluding hydrogens is 108 g/mol. The molecule has 0 aromatic carbocycles. The van der Waals surface area contributed by atoms with E-state index in [1.807, 2.05) is 0 Å². The van der Waals surface area contributed by atoms with E-state index in [4.69, 9.17) is 14.6 Å². The van der Waals surface area contributed by atoms with Gasteiger partial charge < -0.3 is 14.6 Å². The zero-order valence-corrected chi connectivity index (χ0v) is 4.46. The molecule has 0 fully saturated rings. The van der Waals surface area contributed by atoms with Gasteiger partial charge in [-0.25, -0.2) is 0 Å². The van der Waals surface area contributed by atoms with Crippen LogP contribution in [0, 0.1) is 0 Å². The van der Waals surface area contributed by atoms with Crippen LogP contribution in [-0.2, 0) is 9.47 Å². The highest BCUT2D eigenvalue weighted by Crippen LogP contribution is 2.00. The van der Waals surface area contributed by atoms with Gasteiger partial charge in [0.25, 0.3) is 0 Å². The summed E-state index contributed by atoms with van der Waals surface area (Å²) < 4.78 is 9.55. The Morgan fingerprint density at radius 2 is 2.62 bits per heavy atom. The van der Waals surface area contributed by atoms with E-state index in [1.165, 1.54) is 6.26 Å². The molecule has 0 bridgehead atoms. The summed E-state index contributed by atoms with van der Waals surface area (Å²) in [5.41, 5.74) is 0.788. The predicted molar refractivity (Wildman–Crippen MR) is 27.1 cm³/mol. The Morgan fingerprint density at radius 1 is 1.75 bits per heavy atom. The lowest BCUT2D eigenvalue weighted by Gasteiger charge is -2.11. The minimum atomic E-state index is 0.0278. The van der Waals surface area contributed by atoms with E-state index in [2.05, 4.69) is 0 Å². The van der Waals surface area contributed by atoms with Crippen molar-refractivity contribution in [2.24, 2.45) is 0 Å². The molecule has 0 aromatic rings. The molecule has 0 radical (unpaired) electrons. The lowest BCUT2D eigenvalue weighted by Crippen LogP contribution is -2.10. The molecule has 0 aromatic heterocycles. The molecule has 1 aliphatic heterocycles. The molecule has 0 saturated heterocycles. The van der Waals surface area contributed by atoms with Crippen molar-refractivity contribution in [3.8, 4) is 0 Å². The Labute approximate surface area is 47.5 Å². The second-order valence-corrected chi connectivity index (χ2v) is 1.57. The van der Waals surface area contributed by atoms with Gasteiger partial charge in [0.2, 0.25) is 0 Å². The normalized spacial score (nSPS) is 19.4. The highest BCUT2D eigenvalue weighted by molar-refractivity contribution is 4.99. The fraction of sp³-hybridized carbons (Fsp3) is 0.600. The topological polar surface area (TPSA) is 38.7 Å². The fourth-order valence-electron chi connectivity index (χ4n) is 0.490. The van der Waals surface area contributed by atoms with Gasteiger partial charge >= 0.3 is 0 Å². The van der Waals surface area contributed by atoms with E-state index in [0.717, 1.165) is 5.57 Å². The molecule has 46 valence electrons. The number of ether oxygens (including phenoxy) is 2. The first-order valence-corrected chi connectivity index (χ1v) is 2.41. The highest BCUT2D eigenvalue weighted by Gasteiger charge is 2.00. The summed E-state index contributed by atoms with van der Waals surface area (Å²) in [6, 6.07) is 0. The molecule has 1 aliphatic rings. The fourth-order valence-corrected chi connectivity index (χ4v) is 0.490. The van der Waals surface area contributed by atoms with Crippen molar-refractivity contribution in [2.45, 2.75) is 0 Å². The van der Waals surface area contributed by atoms with Crippen LogP contribution in [0.4, 0.5) is 0 Å². The SMILES string of the molecule is OCC1=COCOC1. The molecule has 3 nitrogen and oxygen atoms in total. The summed E-state index contributed by atoms with van der Waals surface area (Å²) in [6.45, 7) is 0.833. The first-order valence-electron chi connectivity index (χ1n) is 2.41. The zero-order valence-electron chi connectivity index (χ0n) is 4.46. The van der Waals surface area contributed by atoms with Crippen molar-refractivity contribution in [3.05, 3.63) is 11.8 Å². The zero-order chi connectivity index (χ0) is 5.82. The van der Waals surface area contributed by atoms with Crippen molar-refractivity contribution in [1.29, 1.82) is 0 Å². The molecule has 0 amide bonds. The van der Waals surface area contributed by atoms with Gasteiger partial charge in [-0.05, 0) is 0 Å². The average Bonchev–Trinajstić information content (AvgIpc) is 1.90. The van der Waals surface area contributed by atoms with Crippen LogP contribution in [0.5, 0.6) is 0 Å². The van der Waals surface area contributed by atoms with Gasteiger partial charge in [0.15, 0.2) is 6.79 Å². The lowest BCUT2D eigenvalue weighted by atomic mass is 10.3. The summed E-state index contributed by atoms with van der Waals surface area (Å²) in [6.07, 6.45) is 1.53. The molecule has 0 aliphatic carbocycles. The quantitative estimate of drug-likeness (QED) is 0.518. The van der Waals surface area contributed by atoms with Gasteiger partial charge in [-0.2, -0.15) is 0 Å². The van der Waals surface area contributed by atoms with Gasteiger partial charge in [0, 0.05) is 5.57 Å². The molecule has 8 heavy (non-hydrogen) atoms. The van der Waals surface area contributed by atoms with Crippen LogP contribution in [0.1, 0.15) is 0 Å². The van der Waals surface area contributed by atoms with E-state index in [0.29, 0.717) is 13.4 Å². The van der Waals surface area contributed by atoms with Crippen molar-refractivity contribution in [3.63, 3.8) is 0 Å². The van der Waals surface area contributed by atoms with E-state index in [-0.39, 0.29) is 6.61 Å². The van der Waals surface area contributed by atoms with Crippen LogP contribution in [-0.4, -0.2) is 25.1 Å². The summed E-state index contributed by atoms with van der Waals surface area (Å²) in [5.74, 6) is 0. The van der Waals surface area contributed by atoms with E-state index in [1.54, 1.807) is 0 Å². The molecule has 1 N–H and O–H groups in total. The Kier molecular flexibility index (Phi) is 1.88. The maximum absolute atomic E-state index is 8.46. The van der Waals surface area contributed by atoms with Gasteiger partial charge in [-0.15, -0.1) is 0 Å². The van der Waals surface area contributed by atoms with Gasteiger partial charge in [-0.3, -0.25) is 0 Å². The standard InChI is InChI=1S/C5H8O3/c6-1-5-2-7-4-8-3-5/h2,6H,1,3-4H2. The van der Waals surface area contributed by atoms with E-state index < -0.39 is 0 Å². The molecule has 0 saturated carbocycles. The summed E-state index contributed by atoms with van der Waals surface area (Å²) in [7, 11) is 0. The van der Waals surface area contributed by atoms with Gasteiger partial charge in [-0.1, -0.05) is 0 Å². The monoisotopic (exact) mass is 116 g/mol. The Hall–Kier alpha value is -0.540. The number of aliphatic hydroxyl groups excluding tert-OH is 1. The Balaban J connectivity index is 2.37. The largest absolute Gasteiger partial charge is 0.475 e. The number of rotatable bonds is 1. The second kappa shape index (κ2) is 2.69. The smallest absolute Gasteiger partial charge is 0.188 e. The third kappa shape index (κ3) is 1.21. The maximum atomic E-state index is 8.46. The molecule has 0 unspecified atom stereocenters.